The number of para-hydroxylation sites is 1. The highest BCUT2D eigenvalue weighted by Gasteiger charge is 2.11. The van der Waals surface area contributed by atoms with Crippen LogP contribution in [0, 0.1) is 0 Å². The molecule has 0 aromatic heterocycles. The van der Waals surface area contributed by atoms with E-state index in [1.807, 2.05) is 42.5 Å². The van der Waals surface area contributed by atoms with Crippen LogP contribution < -0.4 is 24.8 Å². The third-order valence-corrected chi connectivity index (χ3v) is 4.27. The van der Waals surface area contributed by atoms with Gasteiger partial charge in [0.2, 0.25) is 0 Å². The number of hydrogen-bond acceptors (Lipinski definition) is 4. The van der Waals surface area contributed by atoms with Gasteiger partial charge in [0.05, 0.1) is 13.2 Å². The highest BCUT2D eigenvalue weighted by atomic mass is 16.5. The van der Waals surface area contributed by atoms with Crippen molar-refractivity contribution in [2.75, 3.05) is 26.9 Å². The Balaban J connectivity index is 1.56. The van der Waals surface area contributed by atoms with E-state index in [0.717, 1.165) is 34.8 Å². The summed E-state index contributed by atoms with van der Waals surface area (Å²) in [7, 11) is 1.75. The SMILES string of the molecule is C=CCOc1ccccc1CNC(=NC)NCc1ccc2c(c1)OCCCO2. The van der Waals surface area contributed by atoms with Gasteiger partial charge in [-0.25, -0.2) is 0 Å². The first-order valence-electron chi connectivity index (χ1n) is 9.45. The smallest absolute Gasteiger partial charge is 0.191 e. The minimum absolute atomic E-state index is 0.480. The molecular weight excluding hydrogens is 354 g/mol. The summed E-state index contributed by atoms with van der Waals surface area (Å²) < 4.78 is 17.1. The van der Waals surface area contributed by atoms with Crippen molar-refractivity contribution in [1.29, 1.82) is 0 Å². The second-order valence-electron chi connectivity index (χ2n) is 6.32. The first kappa shape index (κ1) is 19.6. The van der Waals surface area contributed by atoms with Gasteiger partial charge in [-0.05, 0) is 23.8 Å². The van der Waals surface area contributed by atoms with E-state index in [1.54, 1.807) is 13.1 Å². The van der Waals surface area contributed by atoms with Crippen molar-refractivity contribution in [1.82, 2.24) is 10.6 Å². The summed E-state index contributed by atoms with van der Waals surface area (Å²) >= 11 is 0. The summed E-state index contributed by atoms with van der Waals surface area (Å²) in [6, 6.07) is 13.9. The van der Waals surface area contributed by atoms with Gasteiger partial charge in [-0.15, -0.1) is 0 Å². The van der Waals surface area contributed by atoms with Gasteiger partial charge in [0.1, 0.15) is 12.4 Å². The van der Waals surface area contributed by atoms with Crippen molar-refractivity contribution in [3.05, 3.63) is 66.2 Å². The lowest BCUT2D eigenvalue weighted by atomic mass is 10.2. The Kier molecular flexibility index (Phi) is 7.18. The molecule has 0 saturated heterocycles. The zero-order chi connectivity index (χ0) is 19.6. The van der Waals surface area contributed by atoms with E-state index in [0.29, 0.717) is 38.9 Å². The van der Waals surface area contributed by atoms with Crippen molar-refractivity contribution < 1.29 is 14.2 Å². The molecule has 3 rings (SSSR count). The van der Waals surface area contributed by atoms with Gasteiger partial charge in [0.25, 0.3) is 0 Å². The van der Waals surface area contributed by atoms with Crippen LogP contribution in [0.4, 0.5) is 0 Å². The maximum absolute atomic E-state index is 5.75. The average Bonchev–Trinajstić information content (AvgIpc) is 2.98. The van der Waals surface area contributed by atoms with E-state index in [2.05, 4.69) is 22.2 Å². The molecule has 28 heavy (non-hydrogen) atoms. The molecule has 0 fully saturated rings. The highest BCUT2D eigenvalue weighted by Crippen LogP contribution is 2.30. The molecule has 1 heterocycles. The number of nitrogens with one attached hydrogen (secondary N) is 2. The van der Waals surface area contributed by atoms with Gasteiger partial charge in [0.15, 0.2) is 17.5 Å². The van der Waals surface area contributed by atoms with Crippen LogP contribution in [-0.2, 0) is 13.1 Å². The van der Waals surface area contributed by atoms with Gasteiger partial charge >= 0.3 is 0 Å². The highest BCUT2D eigenvalue weighted by molar-refractivity contribution is 5.79. The molecule has 2 aromatic carbocycles. The van der Waals surface area contributed by atoms with E-state index in [-0.39, 0.29) is 0 Å². The lowest BCUT2D eigenvalue weighted by Crippen LogP contribution is -2.36. The number of aliphatic imine (C=N–C) groups is 1. The molecule has 0 spiro atoms. The van der Waals surface area contributed by atoms with E-state index in [4.69, 9.17) is 14.2 Å². The second-order valence-corrected chi connectivity index (χ2v) is 6.32. The molecule has 6 nitrogen and oxygen atoms in total. The molecule has 1 aliphatic rings. The van der Waals surface area contributed by atoms with E-state index >= 15 is 0 Å². The maximum Gasteiger partial charge on any atom is 0.191 e. The third kappa shape index (κ3) is 5.42. The molecule has 1 aliphatic heterocycles. The summed E-state index contributed by atoms with van der Waals surface area (Å²) in [4.78, 5) is 4.29. The first-order chi connectivity index (χ1) is 13.8. The Labute approximate surface area is 166 Å². The Morgan fingerprint density at radius 1 is 1.11 bits per heavy atom. The number of rotatable bonds is 7. The lowest BCUT2D eigenvalue weighted by molar-refractivity contribution is 0.297. The van der Waals surface area contributed by atoms with Crippen molar-refractivity contribution >= 4 is 5.96 Å². The number of benzene rings is 2. The number of nitrogens with zero attached hydrogens (tertiary/aromatic N) is 1. The lowest BCUT2D eigenvalue weighted by Gasteiger charge is -2.15. The van der Waals surface area contributed by atoms with Gasteiger partial charge < -0.3 is 24.8 Å². The van der Waals surface area contributed by atoms with Gasteiger partial charge in [-0.1, -0.05) is 36.9 Å². The third-order valence-electron chi connectivity index (χ3n) is 4.27. The molecule has 0 atom stereocenters. The van der Waals surface area contributed by atoms with Crippen molar-refractivity contribution in [2.24, 2.45) is 4.99 Å². The molecule has 0 bridgehead atoms. The predicted molar refractivity (Wildman–Crippen MR) is 111 cm³/mol. The van der Waals surface area contributed by atoms with Crippen molar-refractivity contribution in [3.63, 3.8) is 0 Å². The normalized spacial score (nSPS) is 13.4. The minimum atomic E-state index is 0.480. The zero-order valence-corrected chi connectivity index (χ0v) is 16.2. The van der Waals surface area contributed by atoms with E-state index in [1.165, 1.54) is 0 Å². The largest absolute Gasteiger partial charge is 0.490 e. The Hall–Kier alpha value is -3.15. The second kappa shape index (κ2) is 10.3. The molecule has 2 aromatic rings. The van der Waals surface area contributed by atoms with Gasteiger partial charge in [-0.3, -0.25) is 4.99 Å². The first-order valence-corrected chi connectivity index (χ1v) is 9.45. The standard InChI is InChI=1S/C22H27N3O3/c1-3-11-26-19-8-5-4-7-18(19)16-25-22(23-2)24-15-17-9-10-20-21(14-17)28-13-6-12-27-20/h3-5,7-10,14H,1,6,11-13,15-16H2,2H3,(H2,23,24,25). The predicted octanol–water partition coefficient (Wildman–Crippen LogP) is 3.28. The van der Waals surface area contributed by atoms with Gasteiger partial charge in [-0.2, -0.15) is 0 Å². The van der Waals surface area contributed by atoms with Crippen LogP contribution in [0.15, 0.2) is 60.1 Å². The molecule has 0 saturated carbocycles. The maximum atomic E-state index is 5.75. The summed E-state index contributed by atoms with van der Waals surface area (Å²) in [6.45, 7) is 6.78. The number of fused-ring (bicyclic) bond motifs is 1. The zero-order valence-electron chi connectivity index (χ0n) is 16.2. The quantitative estimate of drug-likeness (QED) is 0.438. The number of guanidine groups is 1. The molecule has 0 radical (unpaired) electrons. The molecular formula is C22H27N3O3. The van der Waals surface area contributed by atoms with Crippen LogP contribution in [-0.4, -0.2) is 32.8 Å². The van der Waals surface area contributed by atoms with Crippen LogP contribution in [0.2, 0.25) is 0 Å². The molecule has 0 unspecified atom stereocenters. The summed E-state index contributed by atoms with van der Waals surface area (Å²) in [5.41, 5.74) is 2.16. The Morgan fingerprint density at radius 2 is 1.89 bits per heavy atom. The summed E-state index contributed by atoms with van der Waals surface area (Å²) in [5, 5.41) is 6.65. The molecule has 2 N–H and O–H groups in total. The van der Waals surface area contributed by atoms with Crippen LogP contribution >= 0.6 is 0 Å². The fourth-order valence-electron chi connectivity index (χ4n) is 2.84. The van der Waals surface area contributed by atoms with Gasteiger partial charge in [0, 0.05) is 32.1 Å². The van der Waals surface area contributed by atoms with Crippen LogP contribution in [0.1, 0.15) is 17.5 Å². The average molecular weight is 381 g/mol. The number of ether oxygens (including phenoxy) is 3. The monoisotopic (exact) mass is 381 g/mol. The Bertz CT molecular complexity index is 820. The Morgan fingerprint density at radius 3 is 2.71 bits per heavy atom. The molecule has 148 valence electrons. The molecule has 0 amide bonds. The van der Waals surface area contributed by atoms with Crippen LogP contribution in [0.25, 0.3) is 0 Å². The summed E-state index contributed by atoms with van der Waals surface area (Å²) in [5.74, 6) is 3.16. The minimum Gasteiger partial charge on any atom is -0.490 e. The number of hydrogen-bond donors (Lipinski definition) is 2. The van der Waals surface area contributed by atoms with E-state index in [9.17, 15) is 0 Å². The van der Waals surface area contributed by atoms with Crippen LogP contribution in [0.3, 0.4) is 0 Å². The topological polar surface area (TPSA) is 64.1 Å². The fraction of sp³-hybridized carbons (Fsp3) is 0.318. The molecule has 6 heteroatoms. The fourth-order valence-corrected chi connectivity index (χ4v) is 2.84. The van der Waals surface area contributed by atoms with E-state index < -0.39 is 0 Å². The molecule has 0 aliphatic carbocycles. The summed E-state index contributed by atoms with van der Waals surface area (Å²) in [6.07, 6.45) is 2.64. The van der Waals surface area contributed by atoms with Crippen LogP contribution in [0.5, 0.6) is 17.2 Å². The van der Waals surface area contributed by atoms with Crippen molar-refractivity contribution in [2.45, 2.75) is 19.5 Å². The van der Waals surface area contributed by atoms with Crippen molar-refractivity contribution in [3.8, 4) is 17.2 Å².